The van der Waals surface area contributed by atoms with Crippen molar-refractivity contribution in [2.45, 2.75) is 31.6 Å². The van der Waals surface area contributed by atoms with Gasteiger partial charge >= 0.3 is 6.18 Å². The Kier molecular flexibility index (Phi) is 5.45. The van der Waals surface area contributed by atoms with Crippen LogP contribution in [0, 0.1) is 0 Å². The molecular weight excluding hydrogens is 325 g/mol. The number of nitrogens with one attached hydrogen (secondary N) is 1. The summed E-state index contributed by atoms with van der Waals surface area (Å²) in [6, 6.07) is 13.9. The molecule has 1 N–H and O–H groups in total. The lowest BCUT2D eigenvalue weighted by atomic mass is 10.0. The fourth-order valence-electron chi connectivity index (χ4n) is 3.29. The number of likely N-dealkylation sites (tertiary alicyclic amines) is 1. The molecule has 1 aliphatic heterocycles. The molecular formula is C20H23F3N2. The van der Waals surface area contributed by atoms with Crippen LogP contribution in [0.4, 0.5) is 13.2 Å². The van der Waals surface area contributed by atoms with Crippen LogP contribution < -0.4 is 5.32 Å². The Bertz CT molecular complexity index is 678. The van der Waals surface area contributed by atoms with Crippen molar-refractivity contribution < 1.29 is 13.2 Å². The van der Waals surface area contributed by atoms with Gasteiger partial charge in [-0.2, -0.15) is 13.2 Å². The Balaban J connectivity index is 1.56. The molecule has 134 valence electrons. The molecule has 3 rings (SSSR count). The highest BCUT2D eigenvalue weighted by molar-refractivity contribution is 5.64. The van der Waals surface area contributed by atoms with E-state index in [1.54, 1.807) is 0 Å². The van der Waals surface area contributed by atoms with Crippen LogP contribution in [-0.4, -0.2) is 31.1 Å². The maximum Gasteiger partial charge on any atom is 0.416 e. The summed E-state index contributed by atoms with van der Waals surface area (Å²) in [6.45, 7) is 2.96. The number of likely N-dealkylation sites (N-methyl/N-ethyl adjacent to an activating group) is 1. The molecule has 0 radical (unpaired) electrons. The minimum Gasteiger partial charge on any atom is -0.311 e. The van der Waals surface area contributed by atoms with E-state index in [4.69, 9.17) is 0 Å². The molecule has 2 aromatic rings. The molecule has 1 fully saturated rings. The second-order valence-corrected chi connectivity index (χ2v) is 6.68. The van der Waals surface area contributed by atoms with E-state index in [-0.39, 0.29) is 0 Å². The van der Waals surface area contributed by atoms with Crippen LogP contribution in [0.15, 0.2) is 48.5 Å². The quantitative estimate of drug-likeness (QED) is 0.852. The van der Waals surface area contributed by atoms with Gasteiger partial charge in [-0.3, -0.25) is 0 Å². The summed E-state index contributed by atoms with van der Waals surface area (Å²) in [6.07, 6.45) is -1.78. The van der Waals surface area contributed by atoms with Crippen molar-refractivity contribution in [1.29, 1.82) is 0 Å². The van der Waals surface area contributed by atoms with Gasteiger partial charge < -0.3 is 10.2 Å². The average molecular weight is 348 g/mol. The van der Waals surface area contributed by atoms with Crippen molar-refractivity contribution in [3.05, 3.63) is 59.7 Å². The third-order valence-corrected chi connectivity index (χ3v) is 4.88. The molecule has 0 aromatic heterocycles. The molecule has 2 nitrogen and oxygen atoms in total. The van der Waals surface area contributed by atoms with Gasteiger partial charge in [0.05, 0.1) is 5.56 Å². The number of nitrogens with zero attached hydrogens (tertiary/aromatic N) is 1. The molecule has 0 aliphatic carbocycles. The summed E-state index contributed by atoms with van der Waals surface area (Å²) in [5, 5.41) is 3.49. The molecule has 1 heterocycles. The molecule has 1 atom stereocenters. The minimum absolute atomic E-state index is 0.617. The third-order valence-electron chi connectivity index (χ3n) is 4.88. The van der Waals surface area contributed by atoms with Crippen LogP contribution in [0.3, 0.4) is 0 Å². The molecule has 0 spiro atoms. The largest absolute Gasteiger partial charge is 0.416 e. The Labute approximate surface area is 146 Å². The van der Waals surface area contributed by atoms with Crippen LogP contribution in [0.1, 0.15) is 24.0 Å². The van der Waals surface area contributed by atoms with Gasteiger partial charge in [0.2, 0.25) is 0 Å². The number of benzene rings is 2. The minimum atomic E-state index is -4.29. The average Bonchev–Trinajstić information content (AvgIpc) is 3.00. The van der Waals surface area contributed by atoms with Crippen LogP contribution in [-0.2, 0) is 12.7 Å². The Morgan fingerprint density at radius 3 is 2.12 bits per heavy atom. The Hall–Kier alpha value is -1.85. The molecule has 0 saturated carbocycles. The van der Waals surface area contributed by atoms with Crippen LogP contribution >= 0.6 is 0 Å². The van der Waals surface area contributed by atoms with Crippen LogP contribution in [0.25, 0.3) is 11.1 Å². The van der Waals surface area contributed by atoms with E-state index in [1.807, 2.05) is 24.3 Å². The first-order valence-corrected chi connectivity index (χ1v) is 8.61. The first-order valence-electron chi connectivity index (χ1n) is 8.61. The fourth-order valence-corrected chi connectivity index (χ4v) is 3.29. The number of alkyl halides is 3. The van der Waals surface area contributed by atoms with E-state index in [9.17, 15) is 13.2 Å². The topological polar surface area (TPSA) is 15.3 Å². The van der Waals surface area contributed by atoms with Crippen molar-refractivity contribution >= 4 is 0 Å². The molecule has 25 heavy (non-hydrogen) atoms. The van der Waals surface area contributed by atoms with Crippen molar-refractivity contribution in [3.63, 3.8) is 0 Å². The predicted molar refractivity (Wildman–Crippen MR) is 94.2 cm³/mol. The predicted octanol–water partition coefficient (Wildman–Crippen LogP) is 4.56. The van der Waals surface area contributed by atoms with E-state index in [0.717, 1.165) is 36.3 Å². The Morgan fingerprint density at radius 2 is 1.60 bits per heavy atom. The summed E-state index contributed by atoms with van der Waals surface area (Å²) < 4.78 is 37.9. The zero-order valence-electron chi connectivity index (χ0n) is 14.3. The monoisotopic (exact) mass is 348 g/mol. The van der Waals surface area contributed by atoms with Gasteiger partial charge in [0.25, 0.3) is 0 Å². The highest BCUT2D eigenvalue weighted by Gasteiger charge is 2.29. The summed E-state index contributed by atoms with van der Waals surface area (Å²) in [7, 11) is 2.16. The van der Waals surface area contributed by atoms with E-state index < -0.39 is 11.7 Å². The number of hydrogen-bond acceptors (Lipinski definition) is 2. The summed E-state index contributed by atoms with van der Waals surface area (Å²) >= 11 is 0. The molecule has 5 heteroatoms. The first-order chi connectivity index (χ1) is 11.9. The SMILES string of the molecule is CN1CCCC1CNCc1ccc(-c2ccc(C(F)(F)F)cc2)cc1. The second-order valence-electron chi connectivity index (χ2n) is 6.68. The van der Waals surface area contributed by atoms with Gasteiger partial charge in [-0.25, -0.2) is 0 Å². The maximum absolute atomic E-state index is 12.6. The lowest BCUT2D eigenvalue weighted by Gasteiger charge is -2.19. The smallest absolute Gasteiger partial charge is 0.311 e. The molecule has 1 unspecified atom stereocenters. The zero-order valence-corrected chi connectivity index (χ0v) is 14.3. The van der Waals surface area contributed by atoms with Gasteiger partial charge in [-0.15, -0.1) is 0 Å². The van der Waals surface area contributed by atoms with Crippen LogP contribution in [0.5, 0.6) is 0 Å². The van der Waals surface area contributed by atoms with Crippen molar-refractivity contribution in [2.24, 2.45) is 0 Å². The molecule has 0 bridgehead atoms. The van der Waals surface area contributed by atoms with Crippen molar-refractivity contribution in [1.82, 2.24) is 10.2 Å². The normalized spacial score (nSPS) is 18.6. The summed E-state index contributed by atoms with van der Waals surface area (Å²) in [4.78, 5) is 2.39. The molecule has 1 aliphatic rings. The third kappa shape index (κ3) is 4.61. The summed E-state index contributed by atoms with van der Waals surface area (Å²) in [5.41, 5.74) is 2.28. The number of halogens is 3. The van der Waals surface area contributed by atoms with E-state index in [2.05, 4.69) is 17.3 Å². The lowest BCUT2D eigenvalue weighted by Crippen LogP contribution is -2.35. The van der Waals surface area contributed by atoms with E-state index >= 15 is 0 Å². The highest BCUT2D eigenvalue weighted by Crippen LogP contribution is 2.31. The number of rotatable bonds is 5. The maximum atomic E-state index is 12.6. The Morgan fingerprint density at radius 1 is 1.00 bits per heavy atom. The molecule has 1 saturated heterocycles. The van der Waals surface area contributed by atoms with E-state index in [1.165, 1.54) is 37.1 Å². The second kappa shape index (κ2) is 7.58. The van der Waals surface area contributed by atoms with Gasteiger partial charge in [-0.05, 0) is 55.3 Å². The first kappa shape index (κ1) is 18.0. The van der Waals surface area contributed by atoms with Gasteiger partial charge in [0, 0.05) is 19.1 Å². The van der Waals surface area contributed by atoms with Crippen molar-refractivity contribution in [2.75, 3.05) is 20.1 Å². The van der Waals surface area contributed by atoms with Gasteiger partial charge in [0.1, 0.15) is 0 Å². The standard InChI is InChI=1S/C20H23F3N2/c1-25-12-2-3-19(25)14-24-13-15-4-6-16(7-5-15)17-8-10-18(11-9-17)20(21,22)23/h4-11,19,24H,2-3,12-14H2,1H3. The molecule has 2 aromatic carbocycles. The van der Waals surface area contributed by atoms with Gasteiger partial charge in [-0.1, -0.05) is 36.4 Å². The molecule has 0 amide bonds. The van der Waals surface area contributed by atoms with Gasteiger partial charge in [0.15, 0.2) is 0 Å². The van der Waals surface area contributed by atoms with E-state index in [0.29, 0.717) is 6.04 Å². The van der Waals surface area contributed by atoms with Crippen molar-refractivity contribution in [3.8, 4) is 11.1 Å². The fraction of sp³-hybridized carbons (Fsp3) is 0.400. The lowest BCUT2D eigenvalue weighted by molar-refractivity contribution is -0.137. The summed E-state index contributed by atoms with van der Waals surface area (Å²) in [5.74, 6) is 0. The van der Waals surface area contributed by atoms with Crippen LogP contribution in [0.2, 0.25) is 0 Å². The number of hydrogen-bond donors (Lipinski definition) is 1. The zero-order chi connectivity index (χ0) is 17.9. The highest BCUT2D eigenvalue weighted by atomic mass is 19.4.